The van der Waals surface area contributed by atoms with Gasteiger partial charge in [-0.05, 0) is 44.4 Å². The molecule has 5 rings (SSSR count). The van der Waals surface area contributed by atoms with E-state index in [4.69, 9.17) is 0 Å². The lowest BCUT2D eigenvalue weighted by Crippen LogP contribution is -2.64. The van der Waals surface area contributed by atoms with Gasteiger partial charge in [-0.2, -0.15) is 0 Å². The molecule has 2 amide bonds. The molecular formula is C26H30N4O2. The monoisotopic (exact) mass is 430 g/mol. The Morgan fingerprint density at radius 3 is 2.56 bits per heavy atom. The predicted octanol–water partition coefficient (Wildman–Crippen LogP) is 4.21. The number of fused-ring (bicyclic) bond motifs is 3. The van der Waals surface area contributed by atoms with Crippen LogP contribution in [0.25, 0.3) is 11.0 Å². The van der Waals surface area contributed by atoms with Crippen molar-refractivity contribution in [2.75, 3.05) is 0 Å². The summed E-state index contributed by atoms with van der Waals surface area (Å²) >= 11 is 0. The third kappa shape index (κ3) is 3.57. The van der Waals surface area contributed by atoms with Crippen LogP contribution in [0.5, 0.6) is 0 Å². The zero-order valence-electron chi connectivity index (χ0n) is 18.8. The predicted molar refractivity (Wildman–Crippen MR) is 124 cm³/mol. The van der Waals surface area contributed by atoms with E-state index in [1.165, 1.54) is 12.0 Å². The first kappa shape index (κ1) is 20.7. The molecule has 1 aromatic heterocycles. The summed E-state index contributed by atoms with van der Waals surface area (Å²) in [6.07, 6.45) is 5.53. The lowest BCUT2D eigenvalue weighted by atomic mass is 9.91. The van der Waals surface area contributed by atoms with Crippen molar-refractivity contribution >= 4 is 22.8 Å². The van der Waals surface area contributed by atoms with E-state index in [1.54, 1.807) is 4.90 Å². The molecule has 1 aliphatic heterocycles. The van der Waals surface area contributed by atoms with Crippen LogP contribution in [0, 0.1) is 6.92 Å². The standard InChI is InChI=1S/C26H30N4O2/c1-18-12-14-19(15-13-18)16-30-24(31)23-28-21-10-6-7-11-22(21)29(23)17-26(30,2)25(32)27-20-8-4-3-5-9-20/h6-7,10-15,20H,3-5,8-9,16-17H2,1-2H3,(H,27,32). The van der Waals surface area contributed by atoms with Crippen LogP contribution < -0.4 is 5.32 Å². The number of carbonyl (C=O) groups is 2. The van der Waals surface area contributed by atoms with Crippen molar-refractivity contribution in [2.45, 2.75) is 70.6 Å². The average molecular weight is 431 g/mol. The molecular weight excluding hydrogens is 400 g/mol. The van der Waals surface area contributed by atoms with Crippen molar-refractivity contribution in [3.05, 3.63) is 65.5 Å². The van der Waals surface area contributed by atoms with Gasteiger partial charge in [-0.3, -0.25) is 9.59 Å². The SMILES string of the molecule is Cc1ccc(CN2C(=O)c3nc4ccccc4n3CC2(C)C(=O)NC2CCCCC2)cc1. The van der Waals surface area contributed by atoms with Gasteiger partial charge >= 0.3 is 0 Å². The second-order valence-corrected chi connectivity index (χ2v) is 9.47. The molecule has 2 aromatic carbocycles. The fourth-order valence-electron chi connectivity index (χ4n) is 5.04. The molecule has 0 spiro atoms. The Morgan fingerprint density at radius 1 is 1.09 bits per heavy atom. The summed E-state index contributed by atoms with van der Waals surface area (Å²) in [6.45, 7) is 4.70. The van der Waals surface area contributed by atoms with Gasteiger partial charge in [0.25, 0.3) is 5.91 Å². The number of imidazole rings is 1. The first-order chi connectivity index (χ1) is 15.5. The molecule has 1 unspecified atom stereocenters. The third-order valence-electron chi connectivity index (χ3n) is 7.04. The first-order valence-corrected chi connectivity index (χ1v) is 11.6. The third-order valence-corrected chi connectivity index (χ3v) is 7.04. The van der Waals surface area contributed by atoms with E-state index in [-0.39, 0.29) is 17.9 Å². The summed E-state index contributed by atoms with van der Waals surface area (Å²) < 4.78 is 1.92. The van der Waals surface area contributed by atoms with Crippen LogP contribution in [0.2, 0.25) is 0 Å². The highest BCUT2D eigenvalue weighted by atomic mass is 16.2. The molecule has 1 aliphatic carbocycles. The van der Waals surface area contributed by atoms with Crippen molar-refractivity contribution in [1.82, 2.24) is 19.8 Å². The van der Waals surface area contributed by atoms with Gasteiger partial charge in [0.05, 0.1) is 17.6 Å². The highest BCUT2D eigenvalue weighted by Crippen LogP contribution is 2.32. The summed E-state index contributed by atoms with van der Waals surface area (Å²) in [5.41, 5.74) is 2.84. The van der Waals surface area contributed by atoms with Crippen LogP contribution >= 0.6 is 0 Å². The van der Waals surface area contributed by atoms with Gasteiger partial charge in [0.15, 0.2) is 5.82 Å². The lowest BCUT2D eigenvalue weighted by Gasteiger charge is -2.44. The maximum atomic E-state index is 13.7. The van der Waals surface area contributed by atoms with Crippen LogP contribution in [0.3, 0.4) is 0 Å². The molecule has 1 saturated carbocycles. The fourth-order valence-corrected chi connectivity index (χ4v) is 5.04. The van der Waals surface area contributed by atoms with Crippen molar-refractivity contribution in [2.24, 2.45) is 0 Å². The van der Waals surface area contributed by atoms with Crippen LogP contribution in [0.15, 0.2) is 48.5 Å². The number of nitrogens with zero attached hydrogens (tertiary/aromatic N) is 3. The van der Waals surface area contributed by atoms with E-state index in [2.05, 4.69) is 10.3 Å². The maximum Gasteiger partial charge on any atom is 0.291 e. The molecule has 2 aliphatic rings. The maximum absolute atomic E-state index is 13.7. The topological polar surface area (TPSA) is 67.2 Å². The Labute approximate surface area is 188 Å². The number of hydrogen-bond acceptors (Lipinski definition) is 3. The molecule has 166 valence electrons. The first-order valence-electron chi connectivity index (χ1n) is 11.6. The number of amides is 2. The van der Waals surface area contributed by atoms with E-state index in [0.29, 0.717) is 18.9 Å². The highest BCUT2D eigenvalue weighted by Gasteiger charge is 2.48. The molecule has 2 heterocycles. The zero-order chi connectivity index (χ0) is 22.3. The normalized spacial score (nSPS) is 21.6. The Morgan fingerprint density at radius 2 is 1.81 bits per heavy atom. The van der Waals surface area contributed by atoms with Crippen LogP contribution in [-0.2, 0) is 17.9 Å². The largest absolute Gasteiger partial charge is 0.351 e. The molecule has 1 atom stereocenters. The lowest BCUT2D eigenvalue weighted by molar-refractivity contribution is -0.134. The smallest absolute Gasteiger partial charge is 0.291 e. The Kier molecular flexibility index (Phi) is 5.24. The van der Waals surface area contributed by atoms with E-state index in [1.807, 2.05) is 66.9 Å². The molecule has 32 heavy (non-hydrogen) atoms. The summed E-state index contributed by atoms with van der Waals surface area (Å²) in [6, 6.07) is 16.1. The Hall–Kier alpha value is -3.15. The minimum atomic E-state index is -1.00. The number of benzene rings is 2. The molecule has 0 bridgehead atoms. The van der Waals surface area contributed by atoms with Gasteiger partial charge in [0.1, 0.15) is 5.54 Å². The van der Waals surface area contributed by atoms with Crippen molar-refractivity contribution in [3.63, 3.8) is 0 Å². The minimum absolute atomic E-state index is 0.0757. The summed E-state index contributed by atoms with van der Waals surface area (Å²) in [4.78, 5) is 33.8. The number of aryl methyl sites for hydroxylation is 1. The number of carbonyl (C=O) groups excluding carboxylic acids is 2. The second-order valence-electron chi connectivity index (χ2n) is 9.47. The summed E-state index contributed by atoms with van der Waals surface area (Å²) in [7, 11) is 0. The number of hydrogen-bond donors (Lipinski definition) is 1. The molecule has 1 fully saturated rings. The summed E-state index contributed by atoms with van der Waals surface area (Å²) in [5, 5.41) is 3.28. The van der Waals surface area contributed by atoms with Gasteiger partial charge in [0, 0.05) is 12.6 Å². The molecule has 1 N–H and O–H groups in total. The molecule has 0 saturated heterocycles. The quantitative estimate of drug-likeness (QED) is 0.674. The average Bonchev–Trinajstić information content (AvgIpc) is 3.17. The van der Waals surface area contributed by atoms with Gasteiger partial charge in [-0.25, -0.2) is 4.98 Å². The van der Waals surface area contributed by atoms with Gasteiger partial charge in [0.2, 0.25) is 5.91 Å². The molecule has 6 heteroatoms. The van der Waals surface area contributed by atoms with Crippen LogP contribution in [0.1, 0.15) is 60.8 Å². The second kappa shape index (κ2) is 8.08. The van der Waals surface area contributed by atoms with Crippen molar-refractivity contribution in [1.29, 1.82) is 0 Å². The number of para-hydroxylation sites is 2. The fraction of sp³-hybridized carbons (Fsp3) is 0.423. The van der Waals surface area contributed by atoms with Crippen LogP contribution in [0.4, 0.5) is 0 Å². The number of nitrogens with one attached hydrogen (secondary N) is 1. The molecule has 6 nitrogen and oxygen atoms in total. The molecule has 0 radical (unpaired) electrons. The zero-order valence-corrected chi connectivity index (χ0v) is 18.8. The van der Waals surface area contributed by atoms with Gasteiger partial charge < -0.3 is 14.8 Å². The van der Waals surface area contributed by atoms with E-state index >= 15 is 0 Å². The van der Waals surface area contributed by atoms with Crippen molar-refractivity contribution < 1.29 is 9.59 Å². The van der Waals surface area contributed by atoms with Crippen LogP contribution in [-0.4, -0.2) is 37.8 Å². The Bertz CT molecular complexity index is 1160. The van der Waals surface area contributed by atoms with E-state index in [0.717, 1.165) is 42.3 Å². The van der Waals surface area contributed by atoms with E-state index in [9.17, 15) is 9.59 Å². The Balaban J connectivity index is 1.54. The van der Waals surface area contributed by atoms with Gasteiger partial charge in [-0.15, -0.1) is 0 Å². The minimum Gasteiger partial charge on any atom is -0.351 e. The molecule has 3 aromatic rings. The number of rotatable bonds is 4. The van der Waals surface area contributed by atoms with E-state index < -0.39 is 5.54 Å². The summed E-state index contributed by atoms with van der Waals surface area (Å²) in [5.74, 6) is 0.129. The van der Waals surface area contributed by atoms with Gasteiger partial charge in [-0.1, -0.05) is 61.2 Å². The highest BCUT2D eigenvalue weighted by molar-refractivity contribution is 6.01. The van der Waals surface area contributed by atoms with Crippen molar-refractivity contribution in [3.8, 4) is 0 Å². The number of aromatic nitrogens is 2.